The van der Waals surface area contributed by atoms with E-state index in [-0.39, 0.29) is 11.7 Å². The molecule has 0 radical (unpaired) electrons. The van der Waals surface area contributed by atoms with Crippen LogP contribution in [0.25, 0.3) is 11.1 Å². The van der Waals surface area contributed by atoms with Crippen molar-refractivity contribution < 1.29 is 14.8 Å². The van der Waals surface area contributed by atoms with E-state index in [9.17, 15) is 9.59 Å². The van der Waals surface area contributed by atoms with Gasteiger partial charge in [0, 0.05) is 24.6 Å². The fourth-order valence-electron chi connectivity index (χ4n) is 2.47. The number of carbonyl (C=O) groups is 2. The molecule has 126 valence electrons. The molecule has 0 fully saturated rings. The largest absolute Gasteiger partial charge is 0.292 e. The maximum absolute atomic E-state index is 12.1. The van der Waals surface area contributed by atoms with Gasteiger partial charge in [0.1, 0.15) is 5.69 Å². The lowest BCUT2D eigenvalue weighted by molar-refractivity contribution is -0.129. The molecule has 0 saturated carbocycles. The number of nitrogens with zero attached hydrogens (tertiary/aromatic N) is 1. The van der Waals surface area contributed by atoms with E-state index in [0.29, 0.717) is 25.0 Å². The molecule has 0 atom stereocenters. The van der Waals surface area contributed by atoms with E-state index in [0.717, 1.165) is 30.4 Å². The molecular weight excluding hydrogens is 304 g/mol. The predicted octanol–water partition coefficient (Wildman–Crippen LogP) is 3.78. The van der Waals surface area contributed by atoms with E-state index in [1.54, 1.807) is 17.7 Å². The second kappa shape index (κ2) is 9.57. The Morgan fingerprint density at radius 1 is 0.875 bits per heavy atom. The fourth-order valence-corrected chi connectivity index (χ4v) is 2.47. The van der Waals surface area contributed by atoms with E-state index in [1.807, 2.05) is 36.4 Å². The molecule has 0 spiro atoms. The highest BCUT2D eigenvalue weighted by Gasteiger charge is 2.08. The van der Waals surface area contributed by atoms with Crippen LogP contribution in [-0.4, -0.2) is 21.9 Å². The number of carbonyl (C=O) groups excluding carboxylic acids is 2. The average molecular weight is 326 g/mol. The first-order chi connectivity index (χ1) is 11.7. The smallest absolute Gasteiger partial charge is 0.243 e. The highest BCUT2D eigenvalue weighted by molar-refractivity contribution is 5.94. The number of ketones is 1. The van der Waals surface area contributed by atoms with Crippen molar-refractivity contribution >= 4 is 11.7 Å². The Balaban J connectivity index is 1.74. The molecule has 2 rings (SSSR count). The van der Waals surface area contributed by atoms with Crippen LogP contribution < -0.4 is 5.48 Å². The SMILES string of the molecule is O=C(CCCCCCC(=O)c1ccc(-c2ccccc2)cn1)NO. The Kier molecular flexibility index (Phi) is 7.11. The van der Waals surface area contributed by atoms with Gasteiger partial charge >= 0.3 is 0 Å². The van der Waals surface area contributed by atoms with Crippen LogP contribution in [0.15, 0.2) is 48.7 Å². The Morgan fingerprint density at radius 3 is 2.21 bits per heavy atom. The van der Waals surface area contributed by atoms with Gasteiger partial charge in [0.2, 0.25) is 5.91 Å². The van der Waals surface area contributed by atoms with Gasteiger partial charge in [-0.1, -0.05) is 49.2 Å². The number of hydrogen-bond donors (Lipinski definition) is 2. The second-order valence-corrected chi connectivity index (χ2v) is 5.67. The van der Waals surface area contributed by atoms with E-state index < -0.39 is 0 Å². The molecule has 0 saturated heterocycles. The van der Waals surface area contributed by atoms with Crippen LogP contribution in [0.2, 0.25) is 0 Å². The van der Waals surface area contributed by atoms with Crippen molar-refractivity contribution in [3.8, 4) is 11.1 Å². The molecule has 1 amide bonds. The Morgan fingerprint density at radius 2 is 1.58 bits per heavy atom. The molecule has 2 N–H and O–H groups in total. The monoisotopic (exact) mass is 326 g/mol. The van der Waals surface area contributed by atoms with Crippen molar-refractivity contribution in [1.29, 1.82) is 0 Å². The Hall–Kier alpha value is -2.53. The van der Waals surface area contributed by atoms with Gasteiger partial charge in [-0.15, -0.1) is 0 Å². The molecule has 0 aliphatic rings. The van der Waals surface area contributed by atoms with Crippen molar-refractivity contribution in [1.82, 2.24) is 10.5 Å². The molecule has 1 heterocycles. The number of unbranched alkanes of at least 4 members (excludes halogenated alkanes) is 3. The highest BCUT2D eigenvalue weighted by Crippen LogP contribution is 2.18. The van der Waals surface area contributed by atoms with Crippen molar-refractivity contribution in [2.24, 2.45) is 0 Å². The first kappa shape index (κ1) is 17.8. The lowest BCUT2D eigenvalue weighted by Crippen LogP contribution is -2.17. The number of rotatable bonds is 9. The summed E-state index contributed by atoms with van der Waals surface area (Å²) in [5, 5.41) is 8.38. The summed E-state index contributed by atoms with van der Waals surface area (Å²) in [5.41, 5.74) is 4.18. The molecule has 0 bridgehead atoms. The number of Topliss-reactive ketones (excluding diaryl/α,β-unsaturated/α-hetero) is 1. The number of benzene rings is 1. The summed E-state index contributed by atoms with van der Waals surface area (Å²) in [7, 11) is 0. The lowest BCUT2D eigenvalue weighted by atomic mass is 10.0. The Bertz CT molecular complexity index is 654. The Labute approximate surface area is 141 Å². The van der Waals surface area contributed by atoms with E-state index in [1.165, 1.54) is 0 Å². The summed E-state index contributed by atoms with van der Waals surface area (Å²) in [6.07, 6.45) is 5.74. The predicted molar refractivity (Wildman–Crippen MR) is 91.6 cm³/mol. The number of hydroxylamine groups is 1. The number of pyridine rings is 1. The van der Waals surface area contributed by atoms with Crippen molar-refractivity contribution in [3.05, 3.63) is 54.4 Å². The minimum Gasteiger partial charge on any atom is -0.292 e. The van der Waals surface area contributed by atoms with Gasteiger partial charge in [-0.3, -0.25) is 19.8 Å². The van der Waals surface area contributed by atoms with Crippen LogP contribution in [0.1, 0.15) is 49.0 Å². The standard InChI is InChI=1S/C19H22N2O3/c22-18(10-6-1-2-7-11-19(23)21-24)17-13-12-16(14-20-17)15-8-4-3-5-9-15/h3-5,8-9,12-14,24H,1-2,6-7,10-11H2,(H,21,23). The third-order valence-electron chi connectivity index (χ3n) is 3.84. The number of amides is 1. The van der Waals surface area contributed by atoms with Gasteiger partial charge in [0.05, 0.1) is 0 Å². The quantitative estimate of drug-likeness (QED) is 0.318. The first-order valence-electron chi connectivity index (χ1n) is 8.18. The summed E-state index contributed by atoms with van der Waals surface area (Å²) < 4.78 is 0. The van der Waals surface area contributed by atoms with Gasteiger partial charge in [-0.2, -0.15) is 0 Å². The maximum Gasteiger partial charge on any atom is 0.243 e. The minimum absolute atomic E-state index is 0.0442. The molecule has 5 heteroatoms. The molecule has 24 heavy (non-hydrogen) atoms. The molecule has 0 aliphatic heterocycles. The van der Waals surface area contributed by atoms with Gasteiger partial charge in [0.15, 0.2) is 5.78 Å². The fraction of sp³-hybridized carbons (Fsp3) is 0.316. The average Bonchev–Trinajstić information content (AvgIpc) is 2.65. The second-order valence-electron chi connectivity index (χ2n) is 5.67. The molecule has 0 unspecified atom stereocenters. The zero-order chi connectivity index (χ0) is 17.2. The third-order valence-corrected chi connectivity index (χ3v) is 3.84. The topological polar surface area (TPSA) is 79.3 Å². The number of hydrogen-bond acceptors (Lipinski definition) is 4. The summed E-state index contributed by atoms with van der Waals surface area (Å²) in [6, 6.07) is 13.6. The number of nitrogens with one attached hydrogen (secondary N) is 1. The number of aromatic nitrogens is 1. The van der Waals surface area contributed by atoms with Gasteiger partial charge in [0.25, 0.3) is 0 Å². The molecule has 5 nitrogen and oxygen atoms in total. The van der Waals surface area contributed by atoms with Crippen LogP contribution >= 0.6 is 0 Å². The maximum atomic E-state index is 12.1. The van der Waals surface area contributed by atoms with Crippen LogP contribution in [0.3, 0.4) is 0 Å². The zero-order valence-corrected chi connectivity index (χ0v) is 13.6. The van der Waals surface area contributed by atoms with E-state index in [4.69, 9.17) is 5.21 Å². The summed E-state index contributed by atoms with van der Waals surface area (Å²) in [6.45, 7) is 0. The van der Waals surface area contributed by atoms with Crippen LogP contribution in [-0.2, 0) is 4.79 Å². The highest BCUT2D eigenvalue weighted by atomic mass is 16.5. The van der Waals surface area contributed by atoms with Crippen molar-refractivity contribution in [2.75, 3.05) is 0 Å². The van der Waals surface area contributed by atoms with Crippen LogP contribution in [0.5, 0.6) is 0 Å². The van der Waals surface area contributed by atoms with E-state index in [2.05, 4.69) is 4.98 Å². The van der Waals surface area contributed by atoms with Crippen molar-refractivity contribution in [3.63, 3.8) is 0 Å². The molecule has 2 aromatic rings. The summed E-state index contributed by atoms with van der Waals surface area (Å²) in [5.74, 6) is -0.323. The van der Waals surface area contributed by atoms with Gasteiger partial charge in [-0.05, 0) is 24.5 Å². The van der Waals surface area contributed by atoms with Crippen LogP contribution in [0.4, 0.5) is 0 Å². The van der Waals surface area contributed by atoms with Gasteiger partial charge < -0.3 is 0 Å². The molecule has 1 aromatic carbocycles. The van der Waals surface area contributed by atoms with Crippen LogP contribution in [0, 0.1) is 0 Å². The van der Waals surface area contributed by atoms with Crippen molar-refractivity contribution in [2.45, 2.75) is 38.5 Å². The molecular formula is C19H22N2O3. The first-order valence-corrected chi connectivity index (χ1v) is 8.18. The summed E-state index contributed by atoms with van der Waals surface area (Å²) >= 11 is 0. The normalized spacial score (nSPS) is 10.4. The molecule has 0 aliphatic carbocycles. The zero-order valence-electron chi connectivity index (χ0n) is 13.6. The lowest BCUT2D eigenvalue weighted by Gasteiger charge is -2.04. The van der Waals surface area contributed by atoms with E-state index >= 15 is 0 Å². The van der Waals surface area contributed by atoms with Gasteiger partial charge in [-0.25, -0.2) is 5.48 Å². The summed E-state index contributed by atoms with van der Waals surface area (Å²) in [4.78, 5) is 27.2. The molecule has 1 aromatic heterocycles. The minimum atomic E-state index is -0.367. The third kappa shape index (κ3) is 5.59.